The molecule has 4 aliphatic carbocycles. The topological polar surface area (TPSA) is 54.4 Å². The number of carboxylic acid groups (broad SMARTS) is 1. The van der Waals surface area contributed by atoms with Crippen LogP contribution >= 0.6 is 0 Å². The highest BCUT2D eigenvalue weighted by Gasteiger charge is 2.63. The first-order chi connectivity index (χ1) is 12.9. The molecule has 28 heavy (non-hydrogen) atoms. The lowest BCUT2D eigenvalue weighted by Crippen LogP contribution is -2.54. The normalized spacial score (nSPS) is 45.9. The summed E-state index contributed by atoms with van der Waals surface area (Å²) in [6, 6.07) is 0. The first-order valence-electron chi connectivity index (χ1n) is 11.4. The summed E-state index contributed by atoms with van der Waals surface area (Å²) in [5.74, 6) is 0.245. The molecule has 156 valence electrons. The molecule has 0 aromatic carbocycles. The Morgan fingerprint density at radius 3 is 2.29 bits per heavy atom. The second-order valence-corrected chi connectivity index (χ2v) is 11.6. The van der Waals surface area contributed by atoms with E-state index >= 15 is 0 Å². The molecule has 0 amide bonds. The highest BCUT2D eigenvalue weighted by atomic mass is 16.4. The Morgan fingerprint density at radius 1 is 0.964 bits per heavy atom. The number of hydrogen-bond acceptors (Lipinski definition) is 2. The summed E-state index contributed by atoms with van der Waals surface area (Å²) in [7, 11) is 0. The first-order valence-corrected chi connectivity index (χ1v) is 11.4. The molecule has 1 N–H and O–H groups in total. The van der Waals surface area contributed by atoms with E-state index in [1.807, 2.05) is 6.92 Å². The van der Waals surface area contributed by atoms with Crippen molar-refractivity contribution in [1.29, 1.82) is 0 Å². The van der Waals surface area contributed by atoms with E-state index in [-0.39, 0.29) is 33.5 Å². The number of allylic oxidation sites excluding steroid dienone is 2. The van der Waals surface area contributed by atoms with Crippen LogP contribution < -0.4 is 0 Å². The van der Waals surface area contributed by atoms with E-state index in [1.165, 1.54) is 0 Å². The highest BCUT2D eigenvalue weighted by molar-refractivity contribution is 5.85. The standard InChI is InChI=1S/C25H38O3/c1-15(21(27)28)16-9-13-25(6)18-7-8-19-22(2,3)20(26)11-12-23(19,4)17(18)10-14-24(16,25)5/h15-16,19H,7-14H2,1-6H3,(H,27,28)/t15-,16+,19-,23+,24+,25-/m0/s1. The van der Waals surface area contributed by atoms with Crippen molar-refractivity contribution < 1.29 is 14.7 Å². The molecule has 4 rings (SSSR count). The van der Waals surface area contributed by atoms with Crippen LogP contribution in [0.2, 0.25) is 0 Å². The van der Waals surface area contributed by atoms with Gasteiger partial charge in [-0.3, -0.25) is 9.59 Å². The number of hydrogen-bond donors (Lipinski definition) is 1. The number of ketones is 1. The molecule has 4 aliphatic rings. The van der Waals surface area contributed by atoms with Gasteiger partial charge < -0.3 is 5.11 Å². The molecular weight excluding hydrogens is 348 g/mol. The zero-order valence-corrected chi connectivity index (χ0v) is 18.7. The van der Waals surface area contributed by atoms with Gasteiger partial charge in [0.1, 0.15) is 5.78 Å². The molecule has 6 atom stereocenters. The minimum absolute atomic E-state index is 0.0762. The van der Waals surface area contributed by atoms with Crippen LogP contribution in [0, 0.1) is 39.4 Å². The Kier molecular flexibility index (Phi) is 4.29. The lowest BCUT2D eigenvalue weighted by Gasteiger charge is -2.60. The van der Waals surface area contributed by atoms with Crippen LogP contribution in [0.3, 0.4) is 0 Å². The fourth-order valence-electron chi connectivity index (χ4n) is 8.50. The summed E-state index contributed by atoms with van der Waals surface area (Å²) in [6.07, 6.45) is 8.27. The first kappa shape index (κ1) is 20.2. The third-order valence-electron chi connectivity index (χ3n) is 10.6. The largest absolute Gasteiger partial charge is 0.481 e. The third-order valence-corrected chi connectivity index (χ3v) is 10.6. The average Bonchev–Trinajstić information content (AvgIpc) is 2.90. The maximum absolute atomic E-state index is 12.7. The monoisotopic (exact) mass is 386 g/mol. The van der Waals surface area contributed by atoms with Gasteiger partial charge in [-0.2, -0.15) is 0 Å². The van der Waals surface area contributed by atoms with Crippen molar-refractivity contribution in [2.24, 2.45) is 39.4 Å². The predicted octanol–water partition coefficient (Wildman–Crippen LogP) is 6.03. The van der Waals surface area contributed by atoms with Crippen LogP contribution in [0.15, 0.2) is 11.1 Å². The molecule has 0 aromatic heterocycles. The molecule has 2 saturated carbocycles. The Balaban J connectivity index is 1.78. The zero-order valence-electron chi connectivity index (χ0n) is 18.7. The minimum Gasteiger partial charge on any atom is -0.481 e. The summed E-state index contributed by atoms with van der Waals surface area (Å²) in [4.78, 5) is 24.5. The van der Waals surface area contributed by atoms with E-state index in [0.29, 0.717) is 18.1 Å². The van der Waals surface area contributed by atoms with Crippen molar-refractivity contribution >= 4 is 11.8 Å². The number of aliphatic carboxylic acids is 1. The van der Waals surface area contributed by atoms with Gasteiger partial charge in [0.15, 0.2) is 0 Å². The Labute approximate surface area is 170 Å². The van der Waals surface area contributed by atoms with E-state index < -0.39 is 5.97 Å². The maximum atomic E-state index is 12.7. The van der Waals surface area contributed by atoms with Gasteiger partial charge in [0.2, 0.25) is 0 Å². The van der Waals surface area contributed by atoms with E-state index in [4.69, 9.17) is 0 Å². The van der Waals surface area contributed by atoms with Gasteiger partial charge >= 0.3 is 5.97 Å². The number of carbonyl (C=O) groups excluding carboxylic acids is 1. The molecular formula is C25H38O3. The van der Waals surface area contributed by atoms with Crippen LogP contribution in [0.4, 0.5) is 0 Å². The quantitative estimate of drug-likeness (QED) is 0.590. The Morgan fingerprint density at radius 2 is 1.64 bits per heavy atom. The van der Waals surface area contributed by atoms with E-state index in [1.54, 1.807) is 11.1 Å². The van der Waals surface area contributed by atoms with Crippen LogP contribution in [0.25, 0.3) is 0 Å². The predicted molar refractivity (Wildman–Crippen MR) is 111 cm³/mol. The summed E-state index contributed by atoms with van der Waals surface area (Å²) < 4.78 is 0. The molecule has 0 bridgehead atoms. The number of Topliss-reactive ketones (excluding diaryl/α,β-unsaturated/α-hetero) is 1. The second-order valence-electron chi connectivity index (χ2n) is 11.6. The molecule has 3 nitrogen and oxygen atoms in total. The summed E-state index contributed by atoms with van der Waals surface area (Å²) >= 11 is 0. The van der Waals surface area contributed by atoms with Crippen LogP contribution in [-0.2, 0) is 9.59 Å². The van der Waals surface area contributed by atoms with Crippen LogP contribution in [0.5, 0.6) is 0 Å². The van der Waals surface area contributed by atoms with E-state index in [9.17, 15) is 14.7 Å². The number of carbonyl (C=O) groups is 2. The van der Waals surface area contributed by atoms with Gasteiger partial charge in [-0.05, 0) is 73.0 Å². The third kappa shape index (κ3) is 2.28. The summed E-state index contributed by atoms with van der Waals surface area (Å²) in [6.45, 7) is 13.5. The van der Waals surface area contributed by atoms with Gasteiger partial charge in [0.25, 0.3) is 0 Å². The van der Waals surface area contributed by atoms with Crippen molar-refractivity contribution in [3.63, 3.8) is 0 Å². The maximum Gasteiger partial charge on any atom is 0.306 e. The SMILES string of the molecule is C[C@H](C(=O)O)[C@H]1CC[C@@]2(C)C3=C(CC[C@]12C)[C@@]1(C)CCC(=O)C(C)(C)[C@@H]1CC3. The van der Waals surface area contributed by atoms with Crippen molar-refractivity contribution in [3.8, 4) is 0 Å². The molecule has 0 aromatic rings. The molecule has 0 aliphatic heterocycles. The van der Waals surface area contributed by atoms with Gasteiger partial charge in [0, 0.05) is 11.8 Å². The molecule has 0 radical (unpaired) electrons. The minimum atomic E-state index is -0.640. The van der Waals surface area contributed by atoms with Gasteiger partial charge in [0.05, 0.1) is 5.92 Å². The molecule has 0 saturated heterocycles. The van der Waals surface area contributed by atoms with Crippen LogP contribution in [0.1, 0.15) is 92.9 Å². The van der Waals surface area contributed by atoms with Crippen LogP contribution in [-0.4, -0.2) is 16.9 Å². The zero-order chi connectivity index (χ0) is 20.7. The van der Waals surface area contributed by atoms with Gasteiger partial charge in [-0.1, -0.05) is 52.7 Å². The highest BCUT2D eigenvalue weighted by Crippen LogP contribution is 2.72. The number of fused-ring (bicyclic) bond motifs is 4. The van der Waals surface area contributed by atoms with Crippen molar-refractivity contribution in [2.75, 3.05) is 0 Å². The van der Waals surface area contributed by atoms with Crippen molar-refractivity contribution in [1.82, 2.24) is 0 Å². The fraction of sp³-hybridized carbons (Fsp3) is 0.840. The smallest absolute Gasteiger partial charge is 0.306 e. The summed E-state index contributed by atoms with van der Waals surface area (Å²) in [5.41, 5.74) is 3.44. The lowest BCUT2D eigenvalue weighted by atomic mass is 9.43. The van der Waals surface area contributed by atoms with Crippen molar-refractivity contribution in [3.05, 3.63) is 11.1 Å². The van der Waals surface area contributed by atoms with Crippen molar-refractivity contribution in [2.45, 2.75) is 92.9 Å². The molecule has 0 spiro atoms. The molecule has 2 fully saturated rings. The summed E-state index contributed by atoms with van der Waals surface area (Å²) in [5, 5.41) is 9.70. The molecule has 0 heterocycles. The van der Waals surface area contributed by atoms with Gasteiger partial charge in [-0.15, -0.1) is 0 Å². The van der Waals surface area contributed by atoms with E-state index in [2.05, 4.69) is 34.6 Å². The Bertz CT molecular complexity index is 762. The molecule has 3 heteroatoms. The molecule has 0 unspecified atom stereocenters. The lowest BCUT2D eigenvalue weighted by molar-refractivity contribution is -0.145. The van der Waals surface area contributed by atoms with Gasteiger partial charge in [-0.25, -0.2) is 0 Å². The number of carboxylic acids is 1. The van der Waals surface area contributed by atoms with E-state index in [0.717, 1.165) is 44.9 Å². The number of rotatable bonds is 2. The fourth-order valence-corrected chi connectivity index (χ4v) is 8.50. The Hall–Kier alpha value is -1.12. The average molecular weight is 387 g/mol. The second kappa shape index (κ2) is 5.95.